The van der Waals surface area contributed by atoms with Crippen molar-refractivity contribution in [1.82, 2.24) is 10.2 Å². The summed E-state index contributed by atoms with van der Waals surface area (Å²) in [4.78, 5) is 0. The van der Waals surface area contributed by atoms with Gasteiger partial charge in [0.25, 0.3) is 0 Å². The quantitative estimate of drug-likeness (QED) is 0.869. The average Bonchev–Trinajstić information content (AvgIpc) is 2.87. The van der Waals surface area contributed by atoms with Gasteiger partial charge in [-0.25, -0.2) is 0 Å². The second-order valence-corrected chi connectivity index (χ2v) is 6.37. The van der Waals surface area contributed by atoms with Crippen LogP contribution in [0.1, 0.15) is 49.8 Å². The fraction of sp³-hybridized carbons (Fsp3) is 0.500. The Morgan fingerprint density at radius 2 is 2.05 bits per heavy atom. The lowest BCUT2D eigenvalue weighted by atomic mass is 9.85. The largest absolute Gasteiger partial charge is 0.382 e. The molecule has 1 aliphatic carbocycles. The maximum atomic E-state index is 6.09. The third-order valence-electron chi connectivity index (χ3n) is 4.70. The molecule has 21 heavy (non-hydrogen) atoms. The van der Waals surface area contributed by atoms with Crippen LogP contribution in [-0.2, 0) is 6.42 Å². The molecule has 0 atom stereocenters. The molecule has 0 bridgehead atoms. The molecule has 0 radical (unpaired) electrons. The van der Waals surface area contributed by atoms with Gasteiger partial charge in [-0.15, -0.1) is 0 Å². The van der Waals surface area contributed by atoms with Gasteiger partial charge in [0.1, 0.15) is 0 Å². The Hall–Kier alpha value is -1.77. The van der Waals surface area contributed by atoms with Crippen molar-refractivity contribution in [1.29, 1.82) is 0 Å². The van der Waals surface area contributed by atoms with Gasteiger partial charge < -0.3 is 5.73 Å². The first-order valence-corrected chi connectivity index (χ1v) is 8.14. The highest BCUT2D eigenvalue weighted by Gasteiger charge is 2.17. The van der Waals surface area contributed by atoms with E-state index in [1.807, 2.05) is 0 Å². The highest BCUT2D eigenvalue weighted by molar-refractivity contribution is 5.76. The van der Waals surface area contributed by atoms with Crippen molar-refractivity contribution in [2.45, 2.75) is 51.9 Å². The SMILES string of the molecule is Cc1cccc(-c2c(N)n[nH]c2CCC2CCCCC2)c1. The van der Waals surface area contributed by atoms with E-state index in [0.29, 0.717) is 5.82 Å². The number of hydrogen-bond acceptors (Lipinski definition) is 2. The first-order valence-electron chi connectivity index (χ1n) is 8.14. The Morgan fingerprint density at radius 1 is 1.24 bits per heavy atom. The third-order valence-corrected chi connectivity index (χ3v) is 4.70. The third kappa shape index (κ3) is 3.29. The summed E-state index contributed by atoms with van der Waals surface area (Å²) in [6, 6.07) is 8.51. The minimum atomic E-state index is 0.624. The van der Waals surface area contributed by atoms with Crippen LogP contribution in [0.2, 0.25) is 0 Å². The van der Waals surface area contributed by atoms with Gasteiger partial charge in [-0.3, -0.25) is 5.10 Å². The van der Waals surface area contributed by atoms with Crippen molar-refractivity contribution in [3.05, 3.63) is 35.5 Å². The molecule has 0 unspecified atom stereocenters. The van der Waals surface area contributed by atoms with E-state index in [4.69, 9.17) is 5.73 Å². The number of nitrogens with zero attached hydrogens (tertiary/aromatic N) is 1. The summed E-state index contributed by atoms with van der Waals surface area (Å²) in [7, 11) is 0. The fourth-order valence-corrected chi connectivity index (χ4v) is 3.52. The van der Waals surface area contributed by atoms with Gasteiger partial charge in [0.15, 0.2) is 5.82 Å². The van der Waals surface area contributed by atoms with Crippen molar-refractivity contribution < 1.29 is 0 Å². The van der Waals surface area contributed by atoms with E-state index >= 15 is 0 Å². The predicted octanol–water partition coefficient (Wildman–Crippen LogP) is 4.48. The van der Waals surface area contributed by atoms with Crippen LogP contribution in [0.15, 0.2) is 24.3 Å². The molecule has 3 N–H and O–H groups in total. The van der Waals surface area contributed by atoms with Crippen LogP contribution in [0.3, 0.4) is 0 Å². The minimum Gasteiger partial charge on any atom is -0.382 e. The van der Waals surface area contributed by atoms with Gasteiger partial charge in [0.2, 0.25) is 0 Å². The van der Waals surface area contributed by atoms with Crippen LogP contribution in [0.4, 0.5) is 5.82 Å². The highest BCUT2D eigenvalue weighted by Crippen LogP contribution is 2.32. The lowest BCUT2D eigenvalue weighted by molar-refractivity contribution is 0.338. The molecule has 1 aromatic carbocycles. The minimum absolute atomic E-state index is 0.624. The van der Waals surface area contributed by atoms with Gasteiger partial charge in [-0.2, -0.15) is 5.10 Å². The summed E-state index contributed by atoms with van der Waals surface area (Å²) in [5.74, 6) is 1.51. The normalized spacial score (nSPS) is 16.2. The van der Waals surface area contributed by atoms with Crippen molar-refractivity contribution >= 4 is 5.82 Å². The number of nitrogen functional groups attached to an aromatic ring is 1. The number of hydrogen-bond donors (Lipinski definition) is 2. The van der Waals surface area contributed by atoms with Crippen LogP contribution in [0, 0.1) is 12.8 Å². The van der Waals surface area contributed by atoms with Gasteiger partial charge in [0.05, 0.1) is 0 Å². The van der Waals surface area contributed by atoms with E-state index in [2.05, 4.69) is 41.4 Å². The molecule has 0 spiro atoms. The summed E-state index contributed by atoms with van der Waals surface area (Å²) < 4.78 is 0. The standard InChI is InChI=1S/C18H25N3/c1-13-6-5-9-15(12-13)17-16(20-21-18(17)19)11-10-14-7-3-2-4-8-14/h5-6,9,12,14H,2-4,7-8,10-11H2,1H3,(H3,19,20,21). The molecule has 0 amide bonds. The number of nitrogens with two attached hydrogens (primary N) is 1. The second-order valence-electron chi connectivity index (χ2n) is 6.37. The zero-order valence-electron chi connectivity index (χ0n) is 12.9. The van der Waals surface area contributed by atoms with E-state index < -0.39 is 0 Å². The molecule has 1 heterocycles. The number of anilines is 1. The molecule has 1 aromatic heterocycles. The van der Waals surface area contributed by atoms with Crippen molar-refractivity contribution in [3.63, 3.8) is 0 Å². The first-order chi connectivity index (χ1) is 10.2. The summed E-state index contributed by atoms with van der Waals surface area (Å²) in [5.41, 5.74) is 10.8. The summed E-state index contributed by atoms with van der Waals surface area (Å²) in [6.07, 6.45) is 9.31. The maximum absolute atomic E-state index is 6.09. The summed E-state index contributed by atoms with van der Waals surface area (Å²) in [6.45, 7) is 2.11. The van der Waals surface area contributed by atoms with E-state index in [0.717, 1.165) is 17.9 Å². The van der Waals surface area contributed by atoms with E-state index in [-0.39, 0.29) is 0 Å². The zero-order chi connectivity index (χ0) is 14.7. The molecular formula is C18H25N3. The summed E-state index contributed by atoms with van der Waals surface area (Å²) >= 11 is 0. The number of aromatic nitrogens is 2. The lowest BCUT2D eigenvalue weighted by Crippen LogP contribution is -2.07. The van der Waals surface area contributed by atoms with Crippen LogP contribution >= 0.6 is 0 Å². The molecule has 1 aliphatic rings. The van der Waals surface area contributed by atoms with Gasteiger partial charge >= 0.3 is 0 Å². The zero-order valence-corrected chi connectivity index (χ0v) is 12.9. The maximum Gasteiger partial charge on any atom is 0.153 e. The second kappa shape index (κ2) is 6.33. The molecule has 2 aromatic rings. The van der Waals surface area contributed by atoms with Gasteiger partial charge in [-0.1, -0.05) is 61.9 Å². The van der Waals surface area contributed by atoms with Crippen LogP contribution in [-0.4, -0.2) is 10.2 Å². The van der Waals surface area contributed by atoms with Gasteiger partial charge in [-0.05, 0) is 31.2 Å². The van der Waals surface area contributed by atoms with Crippen LogP contribution in [0.25, 0.3) is 11.1 Å². The molecule has 0 saturated heterocycles. The van der Waals surface area contributed by atoms with E-state index in [1.165, 1.54) is 55.3 Å². The number of H-pyrrole nitrogens is 1. The molecule has 3 heteroatoms. The molecule has 1 saturated carbocycles. The van der Waals surface area contributed by atoms with Crippen molar-refractivity contribution in [2.24, 2.45) is 5.92 Å². The fourth-order valence-electron chi connectivity index (χ4n) is 3.52. The smallest absolute Gasteiger partial charge is 0.153 e. The monoisotopic (exact) mass is 283 g/mol. The Balaban J connectivity index is 1.77. The average molecular weight is 283 g/mol. The summed E-state index contributed by atoms with van der Waals surface area (Å²) in [5, 5.41) is 7.40. The molecule has 3 nitrogen and oxygen atoms in total. The molecule has 1 fully saturated rings. The molecule has 112 valence electrons. The first kappa shape index (κ1) is 14.2. The Bertz CT molecular complexity index is 594. The molecular weight excluding hydrogens is 258 g/mol. The number of benzene rings is 1. The van der Waals surface area contributed by atoms with Gasteiger partial charge in [0, 0.05) is 11.3 Å². The molecule has 3 rings (SSSR count). The number of nitrogens with one attached hydrogen (secondary N) is 1. The van der Waals surface area contributed by atoms with E-state index in [1.54, 1.807) is 0 Å². The molecule has 0 aliphatic heterocycles. The Labute approximate surface area is 127 Å². The topological polar surface area (TPSA) is 54.7 Å². The predicted molar refractivity (Wildman–Crippen MR) is 88.1 cm³/mol. The number of aryl methyl sites for hydroxylation is 2. The Morgan fingerprint density at radius 3 is 2.81 bits per heavy atom. The highest BCUT2D eigenvalue weighted by atomic mass is 15.2. The van der Waals surface area contributed by atoms with Crippen LogP contribution < -0.4 is 5.73 Å². The number of rotatable bonds is 4. The van der Waals surface area contributed by atoms with Crippen molar-refractivity contribution in [3.8, 4) is 11.1 Å². The Kier molecular flexibility index (Phi) is 4.28. The lowest BCUT2D eigenvalue weighted by Gasteiger charge is -2.21. The van der Waals surface area contributed by atoms with E-state index in [9.17, 15) is 0 Å². The van der Waals surface area contributed by atoms with Crippen molar-refractivity contribution in [2.75, 3.05) is 5.73 Å². The van der Waals surface area contributed by atoms with Crippen LogP contribution in [0.5, 0.6) is 0 Å². The number of aromatic amines is 1.